The smallest absolute Gasteiger partial charge is 0.241 e. The molecule has 1 saturated heterocycles. The molecule has 0 aromatic heterocycles. The van der Waals surface area contributed by atoms with Crippen LogP contribution in [0, 0.1) is 0 Å². The van der Waals surface area contributed by atoms with Crippen LogP contribution in [0.25, 0.3) is 0 Å². The van der Waals surface area contributed by atoms with Gasteiger partial charge < -0.3 is 15.0 Å². The number of carbonyl (C=O) groups excluding carboxylic acids is 1. The lowest BCUT2D eigenvalue weighted by Gasteiger charge is -2.31. The minimum absolute atomic E-state index is 0.161. The van der Waals surface area contributed by atoms with Gasteiger partial charge in [-0.1, -0.05) is 18.2 Å². The normalized spacial score (nSPS) is 16.6. The lowest BCUT2D eigenvalue weighted by atomic mass is 10.1. The van der Waals surface area contributed by atoms with E-state index in [4.69, 9.17) is 4.74 Å². The molecule has 4 nitrogen and oxygen atoms in total. The lowest BCUT2D eigenvalue weighted by molar-refractivity contribution is -0.131. The van der Waals surface area contributed by atoms with E-state index in [1.54, 1.807) is 7.11 Å². The number of carbonyl (C=O) groups is 1. The molecule has 0 bridgehead atoms. The molecule has 0 unspecified atom stereocenters. The molecule has 4 heteroatoms. The van der Waals surface area contributed by atoms with Gasteiger partial charge >= 0.3 is 0 Å². The number of amides is 1. The van der Waals surface area contributed by atoms with Crippen LogP contribution < -0.4 is 5.32 Å². The zero-order valence-corrected chi connectivity index (χ0v) is 10.8. The summed E-state index contributed by atoms with van der Waals surface area (Å²) in [5.41, 5.74) is 0.984. The van der Waals surface area contributed by atoms with Gasteiger partial charge in [-0.25, -0.2) is 0 Å². The first kappa shape index (κ1) is 12.9. The second kappa shape index (κ2) is 6.40. The van der Waals surface area contributed by atoms with E-state index in [1.807, 2.05) is 35.2 Å². The molecule has 1 amide bonds. The van der Waals surface area contributed by atoms with Crippen molar-refractivity contribution >= 4 is 11.6 Å². The van der Waals surface area contributed by atoms with Crippen LogP contribution in [0.4, 0.5) is 5.69 Å². The van der Waals surface area contributed by atoms with Gasteiger partial charge in [0.05, 0.1) is 12.6 Å². The van der Waals surface area contributed by atoms with Crippen LogP contribution in [-0.4, -0.2) is 43.7 Å². The van der Waals surface area contributed by atoms with Gasteiger partial charge in [0.1, 0.15) is 0 Å². The summed E-state index contributed by atoms with van der Waals surface area (Å²) in [6, 6.07) is 9.80. The van der Waals surface area contributed by atoms with Gasteiger partial charge in [0.15, 0.2) is 0 Å². The molecule has 1 fully saturated rings. The first-order chi connectivity index (χ1) is 8.79. The highest BCUT2D eigenvalue weighted by atomic mass is 16.5. The number of hydrogen-bond donors (Lipinski definition) is 1. The van der Waals surface area contributed by atoms with Crippen LogP contribution >= 0.6 is 0 Å². The van der Waals surface area contributed by atoms with Crippen molar-refractivity contribution in [2.75, 3.05) is 32.1 Å². The number of hydrogen-bond acceptors (Lipinski definition) is 3. The Balaban J connectivity index is 1.75. The minimum atomic E-state index is 0.161. The van der Waals surface area contributed by atoms with Crippen molar-refractivity contribution in [3.63, 3.8) is 0 Å². The van der Waals surface area contributed by atoms with Crippen LogP contribution in [0.1, 0.15) is 12.8 Å². The highest BCUT2D eigenvalue weighted by Gasteiger charge is 2.21. The molecule has 0 saturated carbocycles. The third-order valence-corrected chi connectivity index (χ3v) is 3.35. The van der Waals surface area contributed by atoms with E-state index in [1.165, 1.54) is 0 Å². The van der Waals surface area contributed by atoms with Gasteiger partial charge in [0, 0.05) is 25.9 Å². The molecular formula is C14H20N2O2. The molecule has 1 aliphatic heterocycles. The zero-order valence-electron chi connectivity index (χ0n) is 10.8. The zero-order chi connectivity index (χ0) is 12.8. The number of methoxy groups -OCH3 is 1. The number of benzene rings is 1. The third kappa shape index (κ3) is 3.47. The van der Waals surface area contributed by atoms with E-state index in [2.05, 4.69) is 5.32 Å². The Kier molecular flexibility index (Phi) is 4.59. The Morgan fingerprint density at radius 2 is 2.00 bits per heavy atom. The molecule has 1 aliphatic rings. The standard InChI is InChI=1S/C14H20N2O2/c1-18-13-7-9-16(10-8-13)14(17)11-15-12-5-3-2-4-6-12/h2-6,13,15H,7-11H2,1H3. The molecule has 0 spiro atoms. The fourth-order valence-electron chi connectivity index (χ4n) is 2.19. The number of anilines is 1. The predicted octanol–water partition coefficient (Wildman–Crippen LogP) is 1.74. The monoisotopic (exact) mass is 248 g/mol. The van der Waals surface area contributed by atoms with Crippen molar-refractivity contribution in [1.82, 2.24) is 4.90 Å². The first-order valence-electron chi connectivity index (χ1n) is 6.39. The van der Waals surface area contributed by atoms with Gasteiger partial charge in [-0.3, -0.25) is 4.79 Å². The van der Waals surface area contributed by atoms with Crippen molar-refractivity contribution in [2.45, 2.75) is 18.9 Å². The largest absolute Gasteiger partial charge is 0.381 e. The number of nitrogens with one attached hydrogen (secondary N) is 1. The summed E-state index contributed by atoms with van der Waals surface area (Å²) < 4.78 is 5.29. The Labute approximate surface area is 108 Å². The summed E-state index contributed by atoms with van der Waals surface area (Å²) in [5.74, 6) is 0.161. The average Bonchev–Trinajstić information content (AvgIpc) is 2.46. The van der Waals surface area contributed by atoms with Gasteiger partial charge in [0.2, 0.25) is 5.91 Å². The maximum Gasteiger partial charge on any atom is 0.241 e. The summed E-state index contributed by atoms with van der Waals surface area (Å²) in [7, 11) is 1.74. The highest BCUT2D eigenvalue weighted by Crippen LogP contribution is 2.13. The Morgan fingerprint density at radius 3 is 2.61 bits per heavy atom. The van der Waals surface area contributed by atoms with Crippen molar-refractivity contribution < 1.29 is 9.53 Å². The van der Waals surface area contributed by atoms with Crippen LogP contribution in [0.3, 0.4) is 0 Å². The van der Waals surface area contributed by atoms with Crippen molar-refractivity contribution in [3.8, 4) is 0 Å². The molecule has 1 aromatic carbocycles. The van der Waals surface area contributed by atoms with Crippen LogP contribution in [0.2, 0.25) is 0 Å². The van der Waals surface area contributed by atoms with Crippen LogP contribution in [0.5, 0.6) is 0 Å². The number of rotatable bonds is 4. The van der Waals surface area contributed by atoms with Crippen molar-refractivity contribution in [2.24, 2.45) is 0 Å². The maximum absolute atomic E-state index is 12.0. The van der Waals surface area contributed by atoms with Crippen LogP contribution in [-0.2, 0) is 9.53 Å². The van der Waals surface area contributed by atoms with E-state index in [0.29, 0.717) is 12.6 Å². The number of para-hydroxylation sites is 1. The highest BCUT2D eigenvalue weighted by molar-refractivity contribution is 5.80. The number of piperidine rings is 1. The molecule has 0 aliphatic carbocycles. The topological polar surface area (TPSA) is 41.6 Å². The molecule has 1 N–H and O–H groups in total. The Bertz CT molecular complexity index is 373. The second-order valence-corrected chi connectivity index (χ2v) is 4.54. The molecule has 1 heterocycles. The van der Waals surface area contributed by atoms with E-state index in [-0.39, 0.29) is 5.91 Å². The summed E-state index contributed by atoms with van der Waals surface area (Å²) in [4.78, 5) is 13.9. The van der Waals surface area contributed by atoms with Crippen molar-refractivity contribution in [3.05, 3.63) is 30.3 Å². The molecular weight excluding hydrogens is 228 g/mol. The van der Waals surface area contributed by atoms with Gasteiger partial charge in [-0.15, -0.1) is 0 Å². The van der Waals surface area contributed by atoms with Gasteiger partial charge in [-0.2, -0.15) is 0 Å². The fraction of sp³-hybridized carbons (Fsp3) is 0.500. The van der Waals surface area contributed by atoms with E-state index < -0.39 is 0 Å². The Hall–Kier alpha value is -1.55. The number of likely N-dealkylation sites (tertiary alicyclic amines) is 1. The maximum atomic E-state index is 12.0. The third-order valence-electron chi connectivity index (χ3n) is 3.35. The Morgan fingerprint density at radius 1 is 1.33 bits per heavy atom. The van der Waals surface area contributed by atoms with Gasteiger partial charge in [-0.05, 0) is 25.0 Å². The fourth-order valence-corrected chi connectivity index (χ4v) is 2.19. The molecule has 0 radical (unpaired) electrons. The predicted molar refractivity (Wildman–Crippen MR) is 71.5 cm³/mol. The number of nitrogens with zero attached hydrogens (tertiary/aromatic N) is 1. The summed E-state index contributed by atoms with van der Waals surface area (Å²) in [5, 5.41) is 3.14. The lowest BCUT2D eigenvalue weighted by Crippen LogP contribution is -2.43. The van der Waals surface area contributed by atoms with E-state index in [0.717, 1.165) is 31.6 Å². The summed E-state index contributed by atoms with van der Waals surface area (Å²) >= 11 is 0. The molecule has 0 atom stereocenters. The SMILES string of the molecule is COC1CCN(C(=O)CNc2ccccc2)CC1. The van der Waals surface area contributed by atoms with Crippen molar-refractivity contribution in [1.29, 1.82) is 0 Å². The van der Waals surface area contributed by atoms with E-state index in [9.17, 15) is 4.79 Å². The summed E-state index contributed by atoms with van der Waals surface area (Å²) in [6.45, 7) is 1.96. The number of ether oxygens (including phenoxy) is 1. The first-order valence-corrected chi connectivity index (χ1v) is 6.39. The average molecular weight is 248 g/mol. The second-order valence-electron chi connectivity index (χ2n) is 4.54. The summed E-state index contributed by atoms with van der Waals surface area (Å²) in [6.07, 6.45) is 2.19. The molecule has 98 valence electrons. The van der Waals surface area contributed by atoms with Crippen LogP contribution in [0.15, 0.2) is 30.3 Å². The molecule has 1 aromatic rings. The minimum Gasteiger partial charge on any atom is -0.381 e. The van der Waals surface area contributed by atoms with Gasteiger partial charge in [0.25, 0.3) is 0 Å². The molecule has 2 rings (SSSR count). The van der Waals surface area contributed by atoms with E-state index >= 15 is 0 Å². The quantitative estimate of drug-likeness (QED) is 0.882. The molecule has 18 heavy (non-hydrogen) atoms.